The van der Waals surface area contributed by atoms with Crippen molar-refractivity contribution in [2.24, 2.45) is 11.3 Å². The summed E-state index contributed by atoms with van der Waals surface area (Å²) in [5.74, 6) is -0.0929. The molecular formula is C22H30F3N3O2. The normalized spacial score (nSPS) is 21.0. The van der Waals surface area contributed by atoms with Crippen molar-refractivity contribution in [2.75, 3.05) is 44.2 Å². The smallest absolute Gasteiger partial charge is 0.368 e. The second-order valence-corrected chi connectivity index (χ2v) is 9.20. The number of hydrogen-bond acceptors (Lipinski definition) is 3. The number of piperidine rings is 1. The van der Waals surface area contributed by atoms with E-state index in [1.165, 1.54) is 6.07 Å². The van der Waals surface area contributed by atoms with Crippen molar-refractivity contribution in [3.8, 4) is 0 Å². The number of carbonyl (C=O) groups excluding carboxylic acids is 2. The van der Waals surface area contributed by atoms with Gasteiger partial charge in [-0.1, -0.05) is 26.8 Å². The maximum Gasteiger partial charge on any atom is 0.416 e. The zero-order chi connectivity index (χ0) is 22.1. The first-order chi connectivity index (χ1) is 14.0. The van der Waals surface area contributed by atoms with Crippen LogP contribution in [0.25, 0.3) is 0 Å². The van der Waals surface area contributed by atoms with Crippen LogP contribution in [0.1, 0.15) is 39.2 Å². The zero-order valence-electron chi connectivity index (χ0n) is 17.8. The van der Waals surface area contributed by atoms with Crippen molar-refractivity contribution < 1.29 is 22.8 Å². The second kappa shape index (κ2) is 8.47. The number of hydrogen-bond donors (Lipinski definition) is 0. The van der Waals surface area contributed by atoms with E-state index in [2.05, 4.69) is 0 Å². The van der Waals surface area contributed by atoms with Gasteiger partial charge < -0.3 is 14.7 Å². The predicted octanol–water partition coefficient (Wildman–Crippen LogP) is 3.64. The number of halogens is 3. The summed E-state index contributed by atoms with van der Waals surface area (Å²) in [4.78, 5) is 31.1. The SMILES string of the molecule is CC(C)(C)C(=O)N1CCC[C@@H](C(=O)N2CCN(c3cccc(C(F)(F)F)c3)CC2)C1. The Hall–Kier alpha value is -2.25. The van der Waals surface area contributed by atoms with E-state index in [-0.39, 0.29) is 17.7 Å². The molecule has 0 spiro atoms. The van der Waals surface area contributed by atoms with Gasteiger partial charge in [0.1, 0.15) is 0 Å². The molecule has 0 N–H and O–H groups in total. The molecule has 166 valence electrons. The van der Waals surface area contributed by atoms with E-state index in [1.807, 2.05) is 25.7 Å². The van der Waals surface area contributed by atoms with Crippen LogP contribution in [0, 0.1) is 11.3 Å². The quantitative estimate of drug-likeness (QED) is 0.727. The highest BCUT2D eigenvalue weighted by molar-refractivity contribution is 5.84. The standard InChI is InChI=1S/C22H30F3N3O2/c1-21(2,3)20(30)28-9-5-6-16(15-28)19(29)27-12-10-26(11-13-27)18-8-4-7-17(14-18)22(23,24)25/h4,7-8,14,16H,5-6,9-13,15H2,1-3H3/t16-/m1/s1. The lowest BCUT2D eigenvalue weighted by molar-refractivity contribution is -0.145. The summed E-state index contributed by atoms with van der Waals surface area (Å²) < 4.78 is 38.9. The molecule has 0 radical (unpaired) electrons. The van der Waals surface area contributed by atoms with Gasteiger partial charge >= 0.3 is 6.18 Å². The van der Waals surface area contributed by atoms with Crippen molar-refractivity contribution in [1.82, 2.24) is 9.80 Å². The molecule has 2 aliphatic rings. The Morgan fingerprint density at radius 3 is 2.23 bits per heavy atom. The number of piperazine rings is 1. The lowest BCUT2D eigenvalue weighted by atomic mass is 9.90. The molecule has 30 heavy (non-hydrogen) atoms. The van der Waals surface area contributed by atoms with E-state index in [0.29, 0.717) is 45.0 Å². The third kappa shape index (κ3) is 5.08. The predicted molar refractivity (Wildman–Crippen MR) is 109 cm³/mol. The van der Waals surface area contributed by atoms with Gasteiger partial charge in [0.25, 0.3) is 0 Å². The highest BCUT2D eigenvalue weighted by atomic mass is 19.4. The summed E-state index contributed by atoms with van der Waals surface area (Å²) in [6, 6.07) is 5.31. The summed E-state index contributed by atoms with van der Waals surface area (Å²) in [5.41, 5.74) is -0.609. The van der Waals surface area contributed by atoms with E-state index >= 15 is 0 Å². The van der Waals surface area contributed by atoms with Crippen LogP contribution in [0.4, 0.5) is 18.9 Å². The average Bonchev–Trinajstić information content (AvgIpc) is 2.71. The Bertz CT molecular complexity index is 781. The fraction of sp³-hybridized carbons (Fsp3) is 0.636. The third-order valence-corrected chi connectivity index (χ3v) is 5.83. The number of benzene rings is 1. The topological polar surface area (TPSA) is 43.9 Å². The van der Waals surface area contributed by atoms with Gasteiger partial charge in [0, 0.05) is 50.4 Å². The van der Waals surface area contributed by atoms with Crippen LogP contribution in [0.5, 0.6) is 0 Å². The highest BCUT2D eigenvalue weighted by Gasteiger charge is 2.36. The minimum Gasteiger partial charge on any atom is -0.368 e. The Morgan fingerprint density at radius 2 is 1.63 bits per heavy atom. The van der Waals surface area contributed by atoms with Crippen LogP contribution in [0.15, 0.2) is 24.3 Å². The molecule has 2 saturated heterocycles. The van der Waals surface area contributed by atoms with Gasteiger partial charge in [-0.25, -0.2) is 0 Å². The van der Waals surface area contributed by atoms with Gasteiger partial charge in [-0.2, -0.15) is 13.2 Å². The van der Waals surface area contributed by atoms with Crippen molar-refractivity contribution in [2.45, 2.75) is 39.8 Å². The number of rotatable bonds is 2. The Kier molecular flexibility index (Phi) is 6.34. The molecule has 8 heteroatoms. The summed E-state index contributed by atoms with van der Waals surface area (Å²) in [6.45, 7) is 8.70. The number of alkyl halides is 3. The Labute approximate surface area is 175 Å². The van der Waals surface area contributed by atoms with Crippen molar-refractivity contribution >= 4 is 17.5 Å². The van der Waals surface area contributed by atoms with Crippen molar-refractivity contribution in [1.29, 1.82) is 0 Å². The molecule has 0 saturated carbocycles. The Balaban J connectivity index is 1.58. The molecule has 0 bridgehead atoms. The minimum absolute atomic E-state index is 0.0464. The van der Waals surface area contributed by atoms with Gasteiger partial charge in [0.15, 0.2) is 0 Å². The van der Waals surface area contributed by atoms with Crippen LogP contribution in [-0.4, -0.2) is 60.9 Å². The number of anilines is 1. The molecule has 0 aliphatic carbocycles. The van der Waals surface area contributed by atoms with Gasteiger partial charge in [-0.05, 0) is 31.0 Å². The number of amides is 2. The number of nitrogens with zero attached hydrogens (tertiary/aromatic N) is 3. The average molecular weight is 425 g/mol. The summed E-state index contributed by atoms with van der Waals surface area (Å²) in [7, 11) is 0. The Morgan fingerprint density at radius 1 is 0.967 bits per heavy atom. The summed E-state index contributed by atoms with van der Waals surface area (Å²) >= 11 is 0. The van der Waals surface area contributed by atoms with Gasteiger partial charge in [-0.15, -0.1) is 0 Å². The largest absolute Gasteiger partial charge is 0.416 e. The van der Waals surface area contributed by atoms with Gasteiger partial charge in [0.2, 0.25) is 11.8 Å². The molecule has 1 aromatic rings. The van der Waals surface area contributed by atoms with E-state index in [1.54, 1.807) is 15.9 Å². The fourth-order valence-electron chi connectivity index (χ4n) is 4.16. The molecule has 3 rings (SSSR count). The molecule has 0 aromatic heterocycles. The first-order valence-corrected chi connectivity index (χ1v) is 10.5. The molecule has 1 atom stereocenters. The molecule has 2 fully saturated rings. The first-order valence-electron chi connectivity index (χ1n) is 10.5. The third-order valence-electron chi connectivity index (χ3n) is 5.83. The molecule has 2 aliphatic heterocycles. The fourth-order valence-corrected chi connectivity index (χ4v) is 4.16. The van der Waals surface area contributed by atoms with Crippen LogP contribution in [0.3, 0.4) is 0 Å². The molecule has 2 heterocycles. The van der Waals surface area contributed by atoms with Crippen molar-refractivity contribution in [3.05, 3.63) is 29.8 Å². The van der Waals surface area contributed by atoms with Crippen LogP contribution >= 0.6 is 0 Å². The second-order valence-electron chi connectivity index (χ2n) is 9.20. The van der Waals surface area contributed by atoms with E-state index in [4.69, 9.17) is 0 Å². The zero-order valence-corrected chi connectivity index (χ0v) is 17.8. The molecule has 5 nitrogen and oxygen atoms in total. The molecule has 2 amide bonds. The minimum atomic E-state index is -4.37. The van der Waals surface area contributed by atoms with E-state index in [9.17, 15) is 22.8 Å². The van der Waals surface area contributed by atoms with E-state index < -0.39 is 17.2 Å². The molecule has 0 unspecified atom stereocenters. The van der Waals surface area contributed by atoms with Gasteiger partial charge in [0.05, 0.1) is 11.5 Å². The monoisotopic (exact) mass is 425 g/mol. The maximum atomic E-state index is 13.0. The lowest BCUT2D eigenvalue weighted by Gasteiger charge is -2.40. The first kappa shape index (κ1) is 22.4. The molecular weight excluding hydrogens is 395 g/mol. The number of carbonyl (C=O) groups is 2. The van der Waals surface area contributed by atoms with Crippen LogP contribution < -0.4 is 4.90 Å². The number of likely N-dealkylation sites (tertiary alicyclic amines) is 1. The lowest BCUT2D eigenvalue weighted by Crippen LogP contribution is -2.54. The van der Waals surface area contributed by atoms with Crippen molar-refractivity contribution in [3.63, 3.8) is 0 Å². The molecule has 1 aromatic carbocycles. The summed E-state index contributed by atoms with van der Waals surface area (Å²) in [6.07, 6.45) is -2.80. The highest BCUT2D eigenvalue weighted by Crippen LogP contribution is 2.32. The van der Waals surface area contributed by atoms with Gasteiger partial charge in [-0.3, -0.25) is 9.59 Å². The van der Waals surface area contributed by atoms with E-state index in [0.717, 1.165) is 25.0 Å². The maximum absolute atomic E-state index is 13.0. The van der Waals surface area contributed by atoms with Crippen LogP contribution in [0.2, 0.25) is 0 Å². The van der Waals surface area contributed by atoms with Crippen LogP contribution in [-0.2, 0) is 15.8 Å². The summed E-state index contributed by atoms with van der Waals surface area (Å²) in [5, 5.41) is 0.